The zero-order valence-corrected chi connectivity index (χ0v) is 21.7. The van der Waals surface area contributed by atoms with Gasteiger partial charge in [0.1, 0.15) is 12.1 Å². The van der Waals surface area contributed by atoms with E-state index in [0.717, 1.165) is 16.7 Å². The Hall–Kier alpha value is -4.02. The summed E-state index contributed by atoms with van der Waals surface area (Å²) < 4.78 is 13.2. The summed E-state index contributed by atoms with van der Waals surface area (Å²) in [5, 5.41) is 5.43. The van der Waals surface area contributed by atoms with Crippen molar-refractivity contribution in [3.05, 3.63) is 83.8 Å². The number of imidazole rings is 1. The number of carbonyl (C=O) groups excluding carboxylic acids is 3. The Morgan fingerprint density at radius 2 is 1.84 bits per heavy atom. The van der Waals surface area contributed by atoms with Crippen LogP contribution < -0.4 is 16.4 Å². The van der Waals surface area contributed by atoms with Crippen molar-refractivity contribution >= 4 is 23.6 Å². The summed E-state index contributed by atoms with van der Waals surface area (Å²) in [6.45, 7) is 4.72. The summed E-state index contributed by atoms with van der Waals surface area (Å²) >= 11 is 0. The van der Waals surface area contributed by atoms with Gasteiger partial charge in [0.05, 0.1) is 31.1 Å². The normalized spacial score (nSPS) is 17.4. The van der Waals surface area contributed by atoms with E-state index in [-0.39, 0.29) is 31.0 Å². The molecular weight excluding hydrogens is 486 g/mol. The van der Waals surface area contributed by atoms with Gasteiger partial charge in [-0.15, -0.1) is 0 Å². The molecule has 1 aliphatic rings. The van der Waals surface area contributed by atoms with Crippen LogP contribution in [0.15, 0.2) is 67.1 Å². The minimum Gasteiger partial charge on any atom is -0.460 e. The Morgan fingerprint density at radius 1 is 1.13 bits per heavy atom. The second-order valence-corrected chi connectivity index (χ2v) is 9.94. The fraction of sp³-hybridized carbons (Fsp3) is 0.357. The van der Waals surface area contributed by atoms with E-state index in [1.54, 1.807) is 26.4 Å². The molecule has 0 spiro atoms. The molecule has 0 fully saturated rings. The Balaban J connectivity index is 1.48. The average molecular weight is 520 g/mol. The standard InChI is InChI=1S/C28H33N5O5/c1-18(34)38-23-13-20-11-7-8-12-21(20)25(23)33-14-24(30-17-33)32-26(35)22(31-27(36)28(2,3)29)16-37-15-19-9-5-4-6-10-19/h4-12,14,17,22-23,25H,13,15-16,29H2,1-3H3,(H,31,36)(H,32,35)/t22-,23+,25?/m1/s1. The van der Waals surface area contributed by atoms with Gasteiger partial charge in [0, 0.05) is 19.5 Å². The number of benzene rings is 2. The molecule has 200 valence electrons. The molecule has 3 atom stereocenters. The van der Waals surface area contributed by atoms with Crippen molar-refractivity contribution in [1.29, 1.82) is 0 Å². The first-order valence-electron chi connectivity index (χ1n) is 12.4. The van der Waals surface area contributed by atoms with Gasteiger partial charge in [0.25, 0.3) is 5.91 Å². The first kappa shape index (κ1) is 27.0. The number of hydrogen-bond acceptors (Lipinski definition) is 7. The van der Waals surface area contributed by atoms with E-state index in [2.05, 4.69) is 15.6 Å². The summed E-state index contributed by atoms with van der Waals surface area (Å²) in [6, 6.07) is 16.1. The number of ether oxygens (including phenoxy) is 2. The van der Waals surface area contributed by atoms with Crippen LogP contribution in [-0.2, 0) is 36.9 Å². The predicted molar refractivity (Wildman–Crippen MR) is 141 cm³/mol. The molecule has 2 aromatic carbocycles. The van der Waals surface area contributed by atoms with Crippen molar-refractivity contribution in [2.24, 2.45) is 5.73 Å². The van der Waals surface area contributed by atoms with Crippen molar-refractivity contribution in [3.8, 4) is 0 Å². The van der Waals surface area contributed by atoms with Gasteiger partial charge in [-0.25, -0.2) is 4.98 Å². The van der Waals surface area contributed by atoms with Crippen LogP contribution in [0.3, 0.4) is 0 Å². The fourth-order valence-electron chi connectivity index (χ4n) is 4.37. The quantitative estimate of drug-likeness (QED) is 0.350. The maximum atomic E-state index is 13.2. The average Bonchev–Trinajstić information content (AvgIpc) is 3.46. The Bertz CT molecular complexity index is 1280. The molecule has 1 aliphatic carbocycles. The molecule has 4 N–H and O–H groups in total. The number of fused-ring (bicyclic) bond motifs is 1. The number of carbonyl (C=O) groups is 3. The predicted octanol–water partition coefficient (Wildman–Crippen LogP) is 2.34. The zero-order valence-electron chi connectivity index (χ0n) is 21.7. The summed E-state index contributed by atoms with van der Waals surface area (Å²) in [5.41, 5.74) is 7.80. The molecule has 1 heterocycles. The summed E-state index contributed by atoms with van der Waals surface area (Å²) in [6.07, 6.45) is 3.45. The molecule has 4 rings (SSSR count). The number of nitrogens with zero attached hydrogens (tertiary/aromatic N) is 2. The van der Waals surface area contributed by atoms with Crippen LogP contribution in [0.1, 0.15) is 43.5 Å². The van der Waals surface area contributed by atoms with Gasteiger partial charge in [-0.3, -0.25) is 14.4 Å². The molecule has 2 amide bonds. The molecule has 10 nitrogen and oxygen atoms in total. The molecule has 0 aliphatic heterocycles. The van der Waals surface area contributed by atoms with E-state index >= 15 is 0 Å². The molecule has 38 heavy (non-hydrogen) atoms. The van der Waals surface area contributed by atoms with Crippen molar-refractivity contribution in [2.75, 3.05) is 11.9 Å². The second kappa shape index (κ2) is 11.6. The van der Waals surface area contributed by atoms with Crippen molar-refractivity contribution in [3.63, 3.8) is 0 Å². The number of aromatic nitrogens is 2. The summed E-state index contributed by atoms with van der Waals surface area (Å²) in [4.78, 5) is 41.8. The van der Waals surface area contributed by atoms with E-state index in [9.17, 15) is 14.4 Å². The number of anilines is 1. The Morgan fingerprint density at radius 3 is 2.55 bits per heavy atom. The third kappa shape index (κ3) is 6.64. The third-order valence-corrected chi connectivity index (χ3v) is 6.24. The third-order valence-electron chi connectivity index (χ3n) is 6.24. The zero-order chi connectivity index (χ0) is 27.3. The lowest BCUT2D eigenvalue weighted by molar-refractivity contribution is -0.147. The number of nitrogens with two attached hydrogens (primary N) is 1. The minimum absolute atomic E-state index is 0.0617. The Kier molecular flexibility index (Phi) is 8.23. The maximum Gasteiger partial charge on any atom is 0.302 e. The SMILES string of the molecule is CC(=O)O[C@H]1Cc2ccccc2C1n1cnc(NC(=O)[C@@H](COCc2ccccc2)NC(=O)C(C)(C)N)c1. The van der Waals surface area contributed by atoms with Crippen LogP contribution in [0.25, 0.3) is 0 Å². The van der Waals surface area contributed by atoms with Gasteiger partial charge in [-0.05, 0) is 30.5 Å². The smallest absolute Gasteiger partial charge is 0.302 e. The van der Waals surface area contributed by atoms with Crippen molar-refractivity contribution < 1.29 is 23.9 Å². The van der Waals surface area contributed by atoms with Gasteiger partial charge in [-0.1, -0.05) is 54.6 Å². The first-order valence-corrected chi connectivity index (χ1v) is 12.4. The second-order valence-electron chi connectivity index (χ2n) is 9.94. The monoisotopic (exact) mass is 519 g/mol. The van der Waals surface area contributed by atoms with Gasteiger partial charge < -0.3 is 30.4 Å². The maximum absolute atomic E-state index is 13.2. The highest BCUT2D eigenvalue weighted by atomic mass is 16.5. The van der Waals surface area contributed by atoms with Crippen LogP contribution in [0, 0.1) is 0 Å². The fourth-order valence-corrected chi connectivity index (χ4v) is 4.37. The van der Waals surface area contributed by atoms with Crippen molar-refractivity contribution in [1.82, 2.24) is 14.9 Å². The highest BCUT2D eigenvalue weighted by Crippen LogP contribution is 2.36. The van der Waals surface area contributed by atoms with Crippen LogP contribution in [0.4, 0.5) is 5.82 Å². The highest BCUT2D eigenvalue weighted by Gasteiger charge is 2.36. The lowest BCUT2D eigenvalue weighted by atomic mass is 10.1. The highest BCUT2D eigenvalue weighted by molar-refractivity contribution is 5.98. The number of esters is 1. The molecular formula is C28H33N5O5. The molecule has 1 aromatic heterocycles. The number of hydrogen-bond donors (Lipinski definition) is 3. The Labute approximate surface area is 221 Å². The van der Waals surface area contributed by atoms with Crippen LogP contribution in [0.2, 0.25) is 0 Å². The van der Waals surface area contributed by atoms with E-state index < -0.39 is 29.5 Å². The van der Waals surface area contributed by atoms with E-state index in [0.29, 0.717) is 6.42 Å². The molecule has 0 bridgehead atoms. The first-order chi connectivity index (χ1) is 18.1. The molecule has 1 unspecified atom stereocenters. The van der Waals surface area contributed by atoms with Gasteiger partial charge in [0.15, 0.2) is 5.82 Å². The van der Waals surface area contributed by atoms with Crippen LogP contribution in [-0.4, -0.2) is 51.6 Å². The minimum atomic E-state index is -1.18. The largest absolute Gasteiger partial charge is 0.460 e. The van der Waals surface area contributed by atoms with Gasteiger partial charge in [-0.2, -0.15) is 0 Å². The van der Waals surface area contributed by atoms with Crippen LogP contribution in [0.5, 0.6) is 0 Å². The summed E-state index contributed by atoms with van der Waals surface area (Å²) in [7, 11) is 0. The molecule has 0 saturated heterocycles. The summed E-state index contributed by atoms with van der Waals surface area (Å²) in [5.74, 6) is -1.06. The number of amides is 2. The lowest BCUT2D eigenvalue weighted by Gasteiger charge is -2.23. The number of rotatable bonds is 10. The molecule has 10 heteroatoms. The van der Waals surface area contributed by atoms with Crippen molar-refractivity contribution in [2.45, 2.75) is 57.5 Å². The topological polar surface area (TPSA) is 138 Å². The van der Waals surface area contributed by atoms with Gasteiger partial charge in [0.2, 0.25) is 5.91 Å². The number of nitrogens with one attached hydrogen (secondary N) is 2. The molecule has 0 saturated carbocycles. The van der Waals surface area contributed by atoms with E-state index in [1.165, 1.54) is 6.92 Å². The molecule has 0 radical (unpaired) electrons. The van der Waals surface area contributed by atoms with E-state index in [4.69, 9.17) is 15.2 Å². The lowest BCUT2D eigenvalue weighted by Crippen LogP contribution is -2.56. The van der Waals surface area contributed by atoms with Gasteiger partial charge >= 0.3 is 5.97 Å². The molecule has 3 aromatic rings. The van der Waals surface area contributed by atoms with Crippen LogP contribution >= 0.6 is 0 Å². The van der Waals surface area contributed by atoms with E-state index in [1.807, 2.05) is 59.2 Å².